The normalized spacial score (nSPS) is 14.0. The summed E-state index contributed by atoms with van der Waals surface area (Å²) in [6, 6.07) is 4.15. The molecule has 3 amide bonds. The Morgan fingerprint density at radius 2 is 2.00 bits per heavy atom. The maximum absolute atomic E-state index is 12.3. The summed E-state index contributed by atoms with van der Waals surface area (Å²) in [4.78, 5) is 23.1. The number of rotatable bonds is 6. The molecule has 0 atom stereocenters. The molecule has 0 bridgehead atoms. The number of carbonyl (C=O) groups is 2. The van der Waals surface area contributed by atoms with Crippen LogP contribution in [0.4, 0.5) is 23.7 Å². The molecule has 1 saturated carbocycles. The lowest BCUT2D eigenvalue weighted by Gasteiger charge is -2.15. The van der Waals surface area contributed by atoms with Crippen molar-refractivity contribution < 1.29 is 27.5 Å². The van der Waals surface area contributed by atoms with Crippen molar-refractivity contribution in [3.8, 4) is 5.75 Å². The van der Waals surface area contributed by atoms with Crippen LogP contribution in [0.3, 0.4) is 0 Å². The molecule has 1 aliphatic carbocycles. The molecule has 2 rings (SSSR count). The number of ether oxygens (including phenoxy) is 1. The van der Waals surface area contributed by atoms with Crippen molar-refractivity contribution in [2.75, 3.05) is 18.5 Å². The van der Waals surface area contributed by atoms with Crippen molar-refractivity contribution in [2.45, 2.75) is 32.0 Å². The van der Waals surface area contributed by atoms with Gasteiger partial charge in [-0.1, -0.05) is 6.07 Å². The Labute approximate surface area is 136 Å². The van der Waals surface area contributed by atoms with Crippen molar-refractivity contribution in [3.63, 3.8) is 0 Å². The van der Waals surface area contributed by atoms with E-state index in [1.165, 1.54) is 12.1 Å². The fraction of sp³-hybridized carbons (Fsp3) is 0.467. The molecule has 1 aliphatic rings. The number of hydrogen-bond acceptors (Lipinski definition) is 4. The zero-order valence-corrected chi connectivity index (χ0v) is 13.0. The monoisotopic (exact) mass is 345 g/mol. The van der Waals surface area contributed by atoms with Gasteiger partial charge in [0.1, 0.15) is 5.75 Å². The Kier molecular flexibility index (Phi) is 5.53. The molecule has 0 aromatic heterocycles. The van der Waals surface area contributed by atoms with Crippen LogP contribution in [0.1, 0.15) is 18.4 Å². The molecule has 0 saturated heterocycles. The van der Waals surface area contributed by atoms with Crippen LogP contribution in [-0.2, 0) is 4.79 Å². The number of carbonyl (C=O) groups excluding carboxylic acids is 2. The van der Waals surface area contributed by atoms with E-state index in [4.69, 9.17) is 4.74 Å². The van der Waals surface area contributed by atoms with E-state index in [1.54, 1.807) is 13.0 Å². The number of anilines is 1. The number of imide groups is 1. The molecule has 132 valence electrons. The van der Waals surface area contributed by atoms with Crippen molar-refractivity contribution in [1.29, 1.82) is 0 Å². The minimum Gasteiger partial charge on any atom is -0.482 e. The van der Waals surface area contributed by atoms with Crippen LogP contribution in [0.25, 0.3) is 0 Å². The molecule has 9 heteroatoms. The highest BCUT2D eigenvalue weighted by Gasteiger charge is 2.29. The predicted molar refractivity (Wildman–Crippen MR) is 80.9 cm³/mol. The van der Waals surface area contributed by atoms with Gasteiger partial charge in [-0.05, 0) is 37.5 Å². The quantitative estimate of drug-likeness (QED) is 0.739. The average molecular weight is 345 g/mol. The Morgan fingerprint density at radius 3 is 2.62 bits per heavy atom. The number of benzene rings is 1. The van der Waals surface area contributed by atoms with Gasteiger partial charge < -0.3 is 15.4 Å². The van der Waals surface area contributed by atoms with Crippen LogP contribution < -0.4 is 20.7 Å². The van der Waals surface area contributed by atoms with Gasteiger partial charge in [0.25, 0.3) is 0 Å². The fourth-order valence-electron chi connectivity index (χ4n) is 1.85. The summed E-state index contributed by atoms with van der Waals surface area (Å²) in [6.07, 6.45) is -2.68. The third-order valence-electron chi connectivity index (χ3n) is 3.13. The largest absolute Gasteiger partial charge is 0.482 e. The van der Waals surface area contributed by atoms with Crippen molar-refractivity contribution in [2.24, 2.45) is 0 Å². The van der Waals surface area contributed by atoms with Gasteiger partial charge >= 0.3 is 12.2 Å². The molecule has 1 aromatic carbocycles. The Morgan fingerprint density at radius 1 is 1.29 bits per heavy atom. The van der Waals surface area contributed by atoms with E-state index in [-0.39, 0.29) is 24.0 Å². The first kappa shape index (κ1) is 17.9. The van der Waals surface area contributed by atoms with Crippen LogP contribution >= 0.6 is 0 Å². The van der Waals surface area contributed by atoms with E-state index >= 15 is 0 Å². The highest BCUT2D eigenvalue weighted by Crippen LogP contribution is 2.27. The SMILES string of the molecule is Cc1ccc(NCC(=O)NC(=O)NC2CC2)c(OCC(F)(F)F)c1. The fourth-order valence-corrected chi connectivity index (χ4v) is 1.85. The van der Waals surface area contributed by atoms with Gasteiger partial charge in [-0.3, -0.25) is 10.1 Å². The van der Waals surface area contributed by atoms with Gasteiger partial charge in [-0.15, -0.1) is 0 Å². The van der Waals surface area contributed by atoms with Crippen LogP contribution in [0.5, 0.6) is 5.75 Å². The van der Waals surface area contributed by atoms with Gasteiger partial charge in [0.15, 0.2) is 6.61 Å². The van der Waals surface area contributed by atoms with E-state index < -0.39 is 24.7 Å². The lowest BCUT2D eigenvalue weighted by atomic mass is 10.2. The number of urea groups is 1. The molecule has 3 N–H and O–H groups in total. The van der Waals surface area contributed by atoms with E-state index in [0.29, 0.717) is 5.56 Å². The summed E-state index contributed by atoms with van der Waals surface area (Å²) in [5.74, 6) is -0.613. The zero-order chi connectivity index (χ0) is 17.7. The van der Waals surface area contributed by atoms with E-state index in [1.807, 2.05) is 0 Å². The summed E-state index contributed by atoms with van der Waals surface area (Å²) in [7, 11) is 0. The highest BCUT2D eigenvalue weighted by atomic mass is 19.4. The van der Waals surface area contributed by atoms with Gasteiger partial charge in [-0.2, -0.15) is 13.2 Å². The third kappa shape index (κ3) is 6.35. The number of halogens is 3. The standard InChI is InChI=1S/C15H18F3N3O3/c1-9-2-5-11(12(6-9)24-8-15(16,17)18)19-7-13(22)21-14(23)20-10-3-4-10/h2,5-6,10,19H,3-4,7-8H2,1H3,(H2,20,21,22,23). The van der Waals surface area contributed by atoms with Gasteiger partial charge in [0.05, 0.1) is 12.2 Å². The van der Waals surface area contributed by atoms with E-state index in [9.17, 15) is 22.8 Å². The zero-order valence-electron chi connectivity index (χ0n) is 13.0. The molecule has 0 unspecified atom stereocenters. The molecule has 0 spiro atoms. The number of alkyl halides is 3. The first-order valence-corrected chi connectivity index (χ1v) is 7.37. The number of aryl methyl sites for hydroxylation is 1. The van der Waals surface area contributed by atoms with Crippen molar-refractivity contribution >= 4 is 17.6 Å². The Hall–Kier alpha value is -2.45. The second-order valence-electron chi connectivity index (χ2n) is 5.55. The molecular weight excluding hydrogens is 327 g/mol. The predicted octanol–water partition coefficient (Wildman–Crippen LogP) is 2.34. The number of amides is 3. The van der Waals surface area contributed by atoms with Crippen molar-refractivity contribution in [3.05, 3.63) is 23.8 Å². The van der Waals surface area contributed by atoms with Crippen LogP contribution in [-0.4, -0.2) is 37.3 Å². The van der Waals surface area contributed by atoms with Crippen LogP contribution in [0.15, 0.2) is 18.2 Å². The molecule has 1 fully saturated rings. The van der Waals surface area contributed by atoms with Gasteiger partial charge in [0, 0.05) is 6.04 Å². The molecule has 0 heterocycles. The topological polar surface area (TPSA) is 79.5 Å². The van der Waals surface area contributed by atoms with Crippen molar-refractivity contribution in [1.82, 2.24) is 10.6 Å². The van der Waals surface area contributed by atoms with Gasteiger partial charge in [-0.25, -0.2) is 4.79 Å². The summed E-state index contributed by atoms with van der Waals surface area (Å²) in [6.45, 7) is 0.00377. The summed E-state index contributed by atoms with van der Waals surface area (Å²) in [5.41, 5.74) is 0.952. The first-order valence-electron chi connectivity index (χ1n) is 7.37. The molecule has 24 heavy (non-hydrogen) atoms. The minimum absolute atomic E-state index is 0.0115. The molecular formula is C15H18F3N3O3. The number of hydrogen-bond donors (Lipinski definition) is 3. The van der Waals surface area contributed by atoms with E-state index in [0.717, 1.165) is 12.8 Å². The smallest absolute Gasteiger partial charge is 0.422 e. The summed E-state index contributed by atoms with van der Waals surface area (Å²) >= 11 is 0. The van der Waals surface area contributed by atoms with Gasteiger partial charge in [0.2, 0.25) is 5.91 Å². The first-order chi connectivity index (χ1) is 11.2. The summed E-state index contributed by atoms with van der Waals surface area (Å²) in [5, 5.41) is 7.39. The minimum atomic E-state index is -4.46. The Bertz CT molecular complexity index is 616. The molecule has 0 aliphatic heterocycles. The van der Waals surface area contributed by atoms with Crippen LogP contribution in [0, 0.1) is 6.92 Å². The average Bonchev–Trinajstić information content (AvgIpc) is 3.27. The molecule has 6 nitrogen and oxygen atoms in total. The summed E-state index contributed by atoms with van der Waals surface area (Å²) < 4.78 is 41.6. The van der Waals surface area contributed by atoms with E-state index in [2.05, 4.69) is 16.0 Å². The maximum Gasteiger partial charge on any atom is 0.422 e. The molecule has 0 radical (unpaired) electrons. The second kappa shape index (κ2) is 7.41. The lowest BCUT2D eigenvalue weighted by molar-refractivity contribution is -0.153. The Balaban J connectivity index is 1.88. The third-order valence-corrected chi connectivity index (χ3v) is 3.13. The maximum atomic E-state index is 12.3. The highest BCUT2D eigenvalue weighted by molar-refractivity contribution is 5.96. The second-order valence-corrected chi connectivity index (χ2v) is 5.55. The van der Waals surface area contributed by atoms with Crippen LogP contribution in [0.2, 0.25) is 0 Å². The molecule has 1 aromatic rings. The lowest BCUT2D eigenvalue weighted by Crippen LogP contribution is -2.42. The number of nitrogens with one attached hydrogen (secondary N) is 3.